The van der Waals surface area contributed by atoms with Gasteiger partial charge in [-0.1, -0.05) is 24.3 Å². The first kappa shape index (κ1) is 15.5. The van der Waals surface area contributed by atoms with Crippen LogP contribution in [0.1, 0.15) is 24.0 Å². The quantitative estimate of drug-likeness (QED) is 0.859. The summed E-state index contributed by atoms with van der Waals surface area (Å²) in [5.41, 5.74) is 3.90. The van der Waals surface area contributed by atoms with Gasteiger partial charge >= 0.3 is 0 Å². The van der Waals surface area contributed by atoms with Gasteiger partial charge in [0, 0.05) is 25.3 Å². The van der Waals surface area contributed by atoms with E-state index in [9.17, 15) is 8.42 Å². The Bertz CT molecular complexity index is 871. The number of benzene rings is 2. The highest BCUT2D eigenvalue weighted by Gasteiger charge is 2.32. The molecule has 1 saturated heterocycles. The van der Waals surface area contributed by atoms with E-state index < -0.39 is 10.0 Å². The SMILES string of the molecule is Cc1ccccc1S(=O)(=O)N1CCc2ccc(N3CCCC3)cc21. The molecule has 0 aliphatic carbocycles. The maximum atomic E-state index is 13.2. The van der Waals surface area contributed by atoms with Crippen LogP contribution in [0.5, 0.6) is 0 Å². The van der Waals surface area contributed by atoms with Gasteiger partial charge in [0.05, 0.1) is 10.6 Å². The van der Waals surface area contributed by atoms with Crippen molar-refractivity contribution >= 4 is 21.4 Å². The molecule has 2 aliphatic rings. The Morgan fingerprint density at radius 3 is 2.46 bits per heavy atom. The van der Waals surface area contributed by atoms with Crippen molar-refractivity contribution in [3.05, 3.63) is 53.6 Å². The molecule has 24 heavy (non-hydrogen) atoms. The molecule has 0 saturated carbocycles. The van der Waals surface area contributed by atoms with Gasteiger partial charge in [-0.05, 0) is 55.5 Å². The van der Waals surface area contributed by atoms with Gasteiger partial charge in [0.25, 0.3) is 10.0 Å². The third kappa shape index (κ3) is 2.47. The molecule has 0 atom stereocenters. The second-order valence-corrected chi connectivity index (χ2v) is 8.43. The summed E-state index contributed by atoms with van der Waals surface area (Å²) in [4.78, 5) is 2.75. The van der Waals surface area contributed by atoms with Crippen molar-refractivity contribution in [3.8, 4) is 0 Å². The number of nitrogens with zero attached hydrogens (tertiary/aromatic N) is 2. The number of hydrogen-bond acceptors (Lipinski definition) is 3. The highest BCUT2D eigenvalue weighted by Crippen LogP contribution is 2.37. The van der Waals surface area contributed by atoms with E-state index >= 15 is 0 Å². The Kier molecular flexibility index (Phi) is 3.76. The largest absolute Gasteiger partial charge is 0.371 e. The molecule has 2 heterocycles. The molecular formula is C19H22N2O2S. The molecule has 5 heteroatoms. The molecular weight excluding hydrogens is 320 g/mol. The highest BCUT2D eigenvalue weighted by atomic mass is 32.2. The number of aryl methyl sites for hydroxylation is 1. The van der Waals surface area contributed by atoms with Crippen molar-refractivity contribution in [1.29, 1.82) is 0 Å². The Hall–Kier alpha value is -2.01. The van der Waals surface area contributed by atoms with Crippen molar-refractivity contribution in [1.82, 2.24) is 0 Å². The van der Waals surface area contributed by atoms with Crippen LogP contribution in [0.25, 0.3) is 0 Å². The summed E-state index contributed by atoms with van der Waals surface area (Å²) in [6, 6.07) is 13.5. The van der Waals surface area contributed by atoms with Gasteiger partial charge in [-0.15, -0.1) is 0 Å². The smallest absolute Gasteiger partial charge is 0.264 e. The third-order valence-electron chi connectivity index (χ3n) is 5.05. The molecule has 0 spiro atoms. The number of rotatable bonds is 3. The highest BCUT2D eigenvalue weighted by molar-refractivity contribution is 7.93. The minimum Gasteiger partial charge on any atom is -0.371 e. The lowest BCUT2D eigenvalue weighted by atomic mass is 10.1. The summed E-state index contributed by atoms with van der Waals surface area (Å²) in [6.07, 6.45) is 3.20. The van der Waals surface area contributed by atoms with Crippen molar-refractivity contribution in [2.75, 3.05) is 28.8 Å². The second kappa shape index (κ2) is 5.81. The van der Waals surface area contributed by atoms with E-state index in [1.807, 2.05) is 19.1 Å². The first-order valence-corrected chi connectivity index (χ1v) is 9.97. The van der Waals surface area contributed by atoms with Crippen molar-refractivity contribution < 1.29 is 8.42 Å². The van der Waals surface area contributed by atoms with Crippen LogP contribution in [-0.4, -0.2) is 28.1 Å². The fourth-order valence-corrected chi connectivity index (χ4v) is 5.45. The van der Waals surface area contributed by atoms with E-state index in [1.165, 1.54) is 12.8 Å². The maximum Gasteiger partial charge on any atom is 0.264 e. The van der Waals surface area contributed by atoms with Crippen LogP contribution in [-0.2, 0) is 16.4 Å². The van der Waals surface area contributed by atoms with E-state index in [0.29, 0.717) is 11.4 Å². The average Bonchev–Trinajstić information content (AvgIpc) is 3.24. The standard InChI is InChI=1S/C19H22N2O2S/c1-15-6-2-3-7-19(15)24(22,23)21-13-10-16-8-9-17(14-18(16)21)20-11-4-5-12-20/h2-3,6-9,14H,4-5,10-13H2,1H3. The second-order valence-electron chi connectivity index (χ2n) is 6.60. The van der Waals surface area contributed by atoms with Gasteiger partial charge in [-0.3, -0.25) is 4.31 Å². The summed E-state index contributed by atoms with van der Waals surface area (Å²) in [5, 5.41) is 0. The van der Waals surface area contributed by atoms with Crippen molar-refractivity contribution in [3.63, 3.8) is 0 Å². The number of fused-ring (bicyclic) bond motifs is 1. The van der Waals surface area contributed by atoms with Crippen LogP contribution in [0, 0.1) is 6.92 Å². The maximum absolute atomic E-state index is 13.2. The first-order valence-electron chi connectivity index (χ1n) is 8.53. The van der Waals surface area contributed by atoms with E-state index in [1.54, 1.807) is 16.4 Å². The lowest BCUT2D eigenvalue weighted by Gasteiger charge is -2.23. The van der Waals surface area contributed by atoms with Crippen LogP contribution in [0.2, 0.25) is 0 Å². The molecule has 4 nitrogen and oxygen atoms in total. The minimum atomic E-state index is -3.51. The molecule has 0 N–H and O–H groups in total. The van der Waals surface area contributed by atoms with E-state index in [0.717, 1.165) is 42.0 Å². The van der Waals surface area contributed by atoms with E-state index in [2.05, 4.69) is 23.1 Å². The Morgan fingerprint density at radius 1 is 0.958 bits per heavy atom. The molecule has 0 bridgehead atoms. The number of hydrogen-bond donors (Lipinski definition) is 0. The fourth-order valence-electron chi connectivity index (χ4n) is 3.72. The molecule has 4 rings (SSSR count). The lowest BCUT2D eigenvalue weighted by molar-refractivity contribution is 0.591. The van der Waals surface area contributed by atoms with Gasteiger partial charge in [0.2, 0.25) is 0 Å². The predicted octanol–water partition coefficient (Wildman–Crippen LogP) is 3.35. The molecule has 2 aromatic carbocycles. The Balaban J connectivity index is 1.75. The molecule has 1 fully saturated rings. The molecule has 0 aromatic heterocycles. The minimum absolute atomic E-state index is 0.407. The number of anilines is 2. The topological polar surface area (TPSA) is 40.6 Å². The summed E-state index contributed by atoms with van der Waals surface area (Å²) in [6.45, 7) is 4.49. The summed E-state index contributed by atoms with van der Waals surface area (Å²) in [7, 11) is -3.51. The molecule has 126 valence electrons. The van der Waals surface area contributed by atoms with Gasteiger partial charge in [0.15, 0.2) is 0 Å². The monoisotopic (exact) mass is 342 g/mol. The lowest BCUT2D eigenvalue weighted by Crippen LogP contribution is -2.29. The average molecular weight is 342 g/mol. The number of sulfonamides is 1. The molecule has 0 unspecified atom stereocenters. The van der Waals surface area contributed by atoms with Crippen LogP contribution >= 0.6 is 0 Å². The molecule has 2 aliphatic heterocycles. The zero-order chi connectivity index (χ0) is 16.7. The van der Waals surface area contributed by atoms with Gasteiger partial charge in [0.1, 0.15) is 0 Å². The van der Waals surface area contributed by atoms with Gasteiger partial charge < -0.3 is 4.90 Å². The Morgan fingerprint density at radius 2 is 1.71 bits per heavy atom. The molecule has 0 radical (unpaired) electrons. The summed E-state index contributed by atoms with van der Waals surface area (Å²) in [5.74, 6) is 0. The molecule has 2 aromatic rings. The predicted molar refractivity (Wildman–Crippen MR) is 97.3 cm³/mol. The van der Waals surface area contributed by atoms with Crippen LogP contribution in [0.3, 0.4) is 0 Å². The zero-order valence-electron chi connectivity index (χ0n) is 13.9. The van der Waals surface area contributed by atoms with Crippen LogP contribution in [0.4, 0.5) is 11.4 Å². The van der Waals surface area contributed by atoms with Crippen LogP contribution in [0.15, 0.2) is 47.4 Å². The third-order valence-corrected chi connectivity index (χ3v) is 7.03. The van der Waals surface area contributed by atoms with Gasteiger partial charge in [-0.2, -0.15) is 0 Å². The van der Waals surface area contributed by atoms with Crippen LogP contribution < -0.4 is 9.21 Å². The van der Waals surface area contributed by atoms with Crippen molar-refractivity contribution in [2.24, 2.45) is 0 Å². The summed E-state index contributed by atoms with van der Waals surface area (Å²) < 4.78 is 27.9. The Labute approximate surface area is 143 Å². The fraction of sp³-hybridized carbons (Fsp3) is 0.368. The zero-order valence-corrected chi connectivity index (χ0v) is 14.7. The summed E-state index contributed by atoms with van der Waals surface area (Å²) >= 11 is 0. The first-order chi connectivity index (χ1) is 11.6. The van der Waals surface area contributed by atoms with E-state index in [-0.39, 0.29) is 0 Å². The normalized spacial score (nSPS) is 17.4. The molecule has 0 amide bonds. The van der Waals surface area contributed by atoms with E-state index in [4.69, 9.17) is 0 Å². The van der Waals surface area contributed by atoms with Crippen molar-refractivity contribution in [2.45, 2.75) is 31.1 Å². The van der Waals surface area contributed by atoms with Gasteiger partial charge in [-0.25, -0.2) is 8.42 Å².